The van der Waals surface area contributed by atoms with Gasteiger partial charge in [-0.2, -0.15) is 0 Å². The molecule has 1 amide bonds. The molecule has 0 aliphatic carbocycles. The molecular formula is C19H22N2O3. The molecule has 0 aliphatic rings. The molecule has 2 aromatic carbocycles. The van der Waals surface area contributed by atoms with Crippen LogP contribution in [-0.2, 0) is 4.79 Å². The van der Waals surface area contributed by atoms with Crippen LogP contribution in [0.2, 0.25) is 0 Å². The Balaban J connectivity index is 1.93. The van der Waals surface area contributed by atoms with Crippen molar-refractivity contribution in [1.29, 1.82) is 0 Å². The number of carbonyl (C=O) groups excluding carboxylic acids is 2. The van der Waals surface area contributed by atoms with Crippen LogP contribution >= 0.6 is 0 Å². The Morgan fingerprint density at radius 1 is 1.12 bits per heavy atom. The maximum atomic E-state index is 12.1. The van der Waals surface area contributed by atoms with Crippen molar-refractivity contribution >= 4 is 17.4 Å². The van der Waals surface area contributed by atoms with Gasteiger partial charge in [0.25, 0.3) is 0 Å². The van der Waals surface area contributed by atoms with Gasteiger partial charge in [-0.1, -0.05) is 30.3 Å². The minimum Gasteiger partial charge on any atom is -0.496 e. The highest BCUT2D eigenvalue weighted by molar-refractivity contribution is 5.95. The molecule has 0 spiro atoms. The molecule has 0 saturated heterocycles. The van der Waals surface area contributed by atoms with Gasteiger partial charge in [0.05, 0.1) is 19.7 Å². The quantitative estimate of drug-likeness (QED) is 0.767. The molecule has 0 radical (unpaired) electrons. The summed E-state index contributed by atoms with van der Waals surface area (Å²) in [5.74, 6) is 0.599. The Bertz CT molecular complexity index is 728. The summed E-state index contributed by atoms with van der Waals surface area (Å²) < 4.78 is 5.31. The van der Waals surface area contributed by atoms with Crippen molar-refractivity contribution in [3.05, 3.63) is 59.7 Å². The van der Waals surface area contributed by atoms with Crippen LogP contribution in [-0.4, -0.2) is 25.3 Å². The number of hydrogen-bond acceptors (Lipinski definition) is 4. The number of ketones is 1. The van der Waals surface area contributed by atoms with Gasteiger partial charge in [0.15, 0.2) is 5.78 Å². The summed E-state index contributed by atoms with van der Waals surface area (Å²) in [6.45, 7) is 3.55. The number of nitrogens with one attached hydrogen (secondary N) is 2. The lowest BCUT2D eigenvalue weighted by molar-refractivity contribution is -0.120. The Kier molecular flexibility index (Phi) is 5.95. The molecule has 1 unspecified atom stereocenters. The number of para-hydroxylation sites is 1. The zero-order chi connectivity index (χ0) is 17.5. The standard InChI is InChI=1S/C19H22N2O3/c1-13(17-9-4-5-10-18(17)24-3)21-19(23)12-20-16-8-6-7-15(11-16)14(2)22/h4-11,13,20H,12H2,1-3H3,(H,21,23). The summed E-state index contributed by atoms with van der Waals surface area (Å²) in [5.41, 5.74) is 2.28. The van der Waals surface area contributed by atoms with E-state index in [-0.39, 0.29) is 24.3 Å². The first-order valence-electron chi connectivity index (χ1n) is 7.78. The number of Topliss-reactive ketones (excluding diaryl/α,β-unsaturated/α-hetero) is 1. The highest BCUT2D eigenvalue weighted by atomic mass is 16.5. The molecule has 126 valence electrons. The van der Waals surface area contributed by atoms with Crippen LogP contribution in [0.15, 0.2) is 48.5 Å². The zero-order valence-corrected chi connectivity index (χ0v) is 14.1. The van der Waals surface area contributed by atoms with Crippen molar-refractivity contribution in [3.63, 3.8) is 0 Å². The lowest BCUT2D eigenvalue weighted by atomic mass is 10.1. The Morgan fingerprint density at radius 2 is 1.88 bits per heavy atom. The second-order valence-electron chi connectivity index (χ2n) is 5.52. The topological polar surface area (TPSA) is 67.4 Å². The first-order chi connectivity index (χ1) is 11.5. The van der Waals surface area contributed by atoms with E-state index in [1.54, 1.807) is 25.3 Å². The van der Waals surface area contributed by atoms with Gasteiger partial charge >= 0.3 is 0 Å². The molecule has 0 saturated carbocycles. The lowest BCUT2D eigenvalue weighted by Crippen LogP contribution is -2.32. The van der Waals surface area contributed by atoms with E-state index in [2.05, 4.69) is 10.6 Å². The molecule has 5 nitrogen and oxygen atoms in total. The highest BCUT2D eigenvalue weighted by Gasteiger charge is 2.13. The summed E-state index contributed by atoms with van der Waals surface area (Å²) in [5, 5.41) is 5.96. The van der Waals surface area contributed by atoms with Crippen molar-refractivity contribution in [2.24, 2.45) is 0 Å². The average molecular weight is 326 g/mol. The minimum absolute atomic E-state index is 0.00658. The number of hydrogen-bond donors (Lipinski definition) is 2. The van der Waals surface area contributed by atoms with E-state index in [4.69, 9.17) is 4.74 Å². The number of carbonyl (C=O) groups is 2. The Hall–Kier alpha value is -2.82. The van der Waals surface area contributed by atoms with E-state index in [1.165, 1.54) is 6.92 Å². The molecule has 0 heterocycles. The fraction of sp³-hybridized carbons (Fsp3) is 0.263. The van der Waals surface area contributed by atoms with Gasteiger partial charge in [-0.3, -0.25) is 9.59 Å². The second kappa shape index (κ2) is 8.15. The van der Waals surface area contributed by atoms with Crippen molar-refractivity contribution in [2.45, 2.75) is 19.9 Å². The van der Waals surface area contributed by atoms with Gasteiger partial charge in [-0.25, -0.2) is 0 Å². The van der Waals surface area contributed by atoms with E-state index >= 15 is 0 Å². The van der Waals surface area contributed by atoms with E-state index in [0.717, 1.165) is 17.0 Å². The van der Waals surface area contributed by atoms with Crippen LogP contribution in [0.1, 0.15) is 35.8 Å². The minimum atomic E-state index is -0.168. The third-order valence-corrected chi connectivity index (χ3v) is 3.71. The number of methoxy groups -OCH3 is 1. The molecule has 2 aromatic rings. The maximum absolute atomic E-state index is 12.1. The summed E-state index contributed by atoms with van der Waals surface area (Å²) in [6.07, 6.45) is 0. The second-order valence-corrected chi connectivity index (χ2v) is 5.52. The fourth-order valence-electron chi connectivity index (χ4n) is 2.42. The van der Waals surface area contributed by atoms with Gasteiger partial charge in [-0.05, 0) is 32.0 Å². The van der Waals surface area contributed by atoms with E-state index in [9.17, 15) is 9.59 Å². The lowest BCUT2D eigenvalue weighted by Gasteiger charge is -2.17. The number of anilines is 1. The predicted octanol–water partition coefficient (Wildman–Crippen LogP) is 3.19. The molecule has 2 rings (SSSR count). The smallest absolute Gasteiger partial charge is 0.239 e. The van der Waals surface area contributed by atoms with Crippen molar-refractivity contribution in [2.75, 3.05) is 19.0 Å². The molecule has 2 N–H and O–H groups in total. The van der Waals surface area contributed by atoms with Gasteiger partial charge in [0.2, 0.25) is 5.91 Å². The molecule has 0 bridgehead atoms. The van der Waals surface area contributed by atoms with Gasteiger partial charge in [0, 0.05) is 16.8 Å². The number of rotatable bonds is 7. The van der Waals surface area contributed by atoms with Crippen molar-refractivity contribution < 1.29 is 14.3 Å². The first kappa shape index (κ1) is 17.5. The first-order valence-corrected chi connectivity index (χ1v) is 7.78. The molecular weight excluding hydrogens is 304 g/mol. The maximum Gasteiger partial charge on any atom is 0.239 e. The highest BCUT2D eigenvalue weighted by Crippen LogP contribution is 2.24. The third-order valence-electron chi connectivity index (χ3n) is 3.71. The van der Waals surface area contributed by atoms with Crippen LogP contribution in [0.3, 0.4) is 0 Å². The number of benzene rings is 2. The van der Waals surface area contributed by atoms with Gasteiger partial charge in [0.1, 0.15) is 5.75 Å². The van der Waals surface area contributed by atoms with Gasteiger partial charge in [-0.15, -0.1) is 0 Å². The van der Waals surface area contributed by atoms with E-state index in [1.807, 2.05) is 37.3 Å². The zero-order valence-electron chi connectivity index (χ0n) is 14.1. The summed E-state index contributed by atoms with van der Waals surface area (Å²) in [7, 11) is 1.61. The number of ether oxygens (including phenoxy) is 1. The van der Waals surface area contributed by atoms with Crippen LogP contribution in [0.5, 0.6) is 5.75 Å². The normalized spacial score (nSPS) is 11.5. The SMILES string of the molecule is COc1ccccc1C(C)NC(=O)CNc1cccc(C(C)=O)c1. The monoisotopic (exact) mass is 326 g/mol. The Morgan fingerprint density at radius 3 is 2.58 bits per heavy atom. The van der Waals surface area contributed by atoms with Crippen LogP contribution in [0.4, 0.5) is 5.69 Å². The molecule has 0 aliphatic heterocycles. The van der Waals surface area contributed by atoms with Gasteiger partial charge < -0.3 is 15.4 Å². The van der Waals surface area contributed by atoms with Crippen molar-refractivity contribution in [3.8, 4) is 5.75 Å². The summed E-state index contributed by atoms with van der Waals surface area (Å²) >= 11 is 0. The number of amides is 1. The predicted molar refractivity (Wildman–Crippen MR) is 94.5 cm³/mol. The largest absolute Gasteiger partial charge is 0.496 e. The van der Waals surface area contributed by atoms with Crippen LogP contribution in [0.25, 0.3) is 0 Å². The average Bonchev–Trinajstić information content (AvgIpc) is 2.60. The molecule has 24 heavy (non-hydrogen) atoms. The van der Waals surface area contributed by atoms with Crippen LogP contribution < -0.4 is 15.4 Å². The van der Waals surface area contributed by atoms with E-state index in [0.29, 0.717) is 5.56 Å². The Labute approximate surface area is 142 Å². The van der Waals surface area contributed by atoms with Crippen LogP contribution in [0, 0.1) is 0 Å². The van der Waals surface area contributed by atoms with Crippen molar-refractivity contribution in [1.82, 2.24) is 5.32 Å². The molecule has 0 fully saturated rings. The summed E-state index contributed by atoms with van der Waals surface area (Å²) in [6, 6.07) is 14.5. The third kappa shape index (κ3) is 4.59. The fourth-order valence-corrected chi connectivity index (χ4v) is 2.42. The molecule has 5 heteroatoms. The van der Waals surface area contributed by atoms with E-state index < -0.39 is 0 Å². The molecule has 0 aromatic heterocycles. The summed E-state index contributed by atoms with van der Waals surface area (Å²) in [4.78, 5) is 23.5. The molecule has 1 atom stereocenters.